The number of aromatic nitrogens is 3. The average molecular weight is 542 g/mol. The van der Waals surface area contributed by atoms with E-state index in [9.17, 15) is 28.0 Å². The van der Waals surface area contributed by atoms with Crippen molar-refractivity contribution in [1.82, 2.24) is 14.3 Å². The molecular weight excluding hydrogens is 513 g/mol. The number of likely N-dealkylation sites (N-methyl/N-ethyl adjacent to an activating group) is 1. The summed E-state index contributed by atoms with van der Waals surface area (Å²) in [7, 11) is 7.24. The summed E-state index contributed by atoms with van der Waals surface area (Å²) in [6.07, 6.45) is -4.61. The predicted molar refractivity (Wildman–Crippen MR) is 137 cm³/mol. The van der Waals surface area contributed by atoms with Crippen molar-refractivity contribution >= 4 is 17.6 Å². The fourth-order valence-corrected chi connectivity index (χ4v) is 4.38. The van der Waals surface area contributed by atoms with Gasteiger partial charge in [0, 0.05) is 18.4 Å². The van der Waals surface area contributed by atoms with Crippen molar-refractivity contribution in [3.63, 3.8) is 0 Å². The van der Waals surface area contributed by atoms with Crippen molar-refractivity contribution in [1.29, 1.82) is 5.26 Å². The number of allylic oxidation sites excluding steroid dienone is 1. The van der Waals surface area contributed by atoms with E-state index in [2.05, 4.69) is 5.10 Å². The molecule has 0 radical (unpaired) electrons. The summed E-state index contributed by atoms with van der Waals surface area (Å²) in [6, 6.07) is 12.0. The lowest BCUT2D eigenvalue weighted by molar-refractivity contribution is -0.870. The molecule has 0 bridgehead atoms. The number of rotatable bonds is 6. The molecule has 1 aliphatic heterocycles. The minimum absolute atomic E-state index is 0.0385. The van der Waals surface area contributed by atoms with Gasteiger partial charge in [-0.05, 0) is 42.8 Å². The number of carbonyl (C=O) groups is 1. The molecule has 2 aromatic carbocycles. The van der Waals surface area contributed by atoms with Crippen molar-refractivity contribution in [3.8, 4) is 6.07 Å². The lowest BCUT2D eigenvalue weighted by Gasteiger charge is -2.35. The quantitative estimate of drug-likeness (QED) is 0.349. The van der Waals surface area contributed by atoms with Crippen molar-refractivity contribution in [2.75, 3.05) is 39.2 Å². The van der Waals surface area contributed by atoms with Gasteiger partial charge in [0.05, 0.1) is 43.9 Å². The molecule has 39 heavy (non-hydrogen) atoms. The van der Waals surface area contributed by atoms with Crippen LogP contribution in [0.2, 0.25) is 0 Å². The van der Waals surface area contributed by atoms with E-state index in [0.29, 0.717) is 22.2 Å². The number of carbonyl (C=O) groups excluding carboxylic acids is 1. The molecule has 12 heteroatoms. The van der Waals surface area contributed by atoms with Gasteiger partial charge < -0.3 is 9.22 Å². The van der Waals surface area contributed by atoms with Crippen LogP contribution in [0.15, 0.2) is 64.6 Å². The number of aryl methyl sites for hydroxylation is 1. The van der Waals surface area contributed by atoms with Crippen LogP contribution >= 0.6 is 0 Å². The molecule has 0 aliphatic carbocycles. The van der Waals surface area contributed by atoms with Gasteiger partial charge in [0.1, 0.15) is 19.2 Å². The summed E-state index contributed by atoms with van der Waals surface area (Å²) in [5.41, 5.74) is -0.180. The number of nitrogens with zero attached hydrogens (tertiary/aromatic N) is 6. The molecule has 204 valence electrons. The Morgan fingerprint density at radius 2 is 1.82 bits per heavy atom. The highest BCUT2D eigenvalue weighted by atomic mass is 19.4. The maximum absolute atomic E-state index is 13.6. The van der Waals surface area contributed by atoms with Crippen LogP contribution in [0.25, 0.3) is 0 Å². The Bertz CT molecular complexity index is 1540. The lowest BCUT2D eigenvalue weighted by atomic mass is 9.93. The van der Waals surface area contributed by atoms with Gasteiger partial charge >= 0.3 is 17.8 Å². The first-order valence-electron chi connectivity index (χ1n) is 12.0. The summed E-state index contributed by atoms with van der Waals surface area (Å²) in [4.78, 5) is 28.4. The van der Waals surface area contributed by atoms with Gasteiger partial charge in [0.15, 0.2) is 0 Å². The topological polar surface area (TPSA) is 93.1 Å². The van der Waals surface area contributed by atoms with Crippen molar-refractivity contribution < 1.29 is 27.2 Å². The van der Waals surface area contributed by atoms with Crippen molar-refractivity contribution in [2.45, 2.75) is 19.1 Å². The van der Waals surface area contributed by atoms with E-state index in [1.807, 2.05) is 27.2 Å². The fraction of sp³-hybridized carbons (Fsp3) is 0.333. The number of alkyl halides is 3. The van der Waals surface area contributed by atoms with Gasteiger partial charge in [-0.2, -0.15) is 18.4 Å². The number of esters is 1. The van der Waals surface area contributed by atoms with Gasteiger partial charge in [-0.3, -0.25) is 4.90 Å². The fourth-order valence-electron chi connectivity index (χ4n) is 4.38. The third kappa shape index (κ3) is 5.44. The average Bonchev–Trinajstić information content (AvgIpc) is 3.15. The highest BCUT2D eigenvalue weighted by Gasteiger charge is 2.41. The SMILES string of the molecule is CC1=C(C(=O)OCC[N+](C)(C)C)C(c2ccc(C#N)cc2)n2c(nn(C)c2=O)N1c1cccc(C(F)(F)F)c1. The van der Waals surface area contributed by atoms with Gasteiger partial charge in [0.2, 0.25) is 5.95 Å². The molecular formula is C27H28F3N6O3+. The van der Waals surface area contributed by atoms with Crippen LogP contribution in [-0.4, -0.2) is 59.1 Å². The summed E-state index contributed by atoms with van der Waals surface area (Å²) in [5.74, 6) is -0.676. The van der Waals surface area contributed by atoms with Crippen LogP contribution in [0.3, 0.4) is 0 Å². The molecule has 2 heterocycles. The molecule has 1 aliphatic rings. The number of ether oxygens (including phenoxy) is 1. The molecule has 9 nitrogen and oxygen atoms in total. The molecule has 3 aromatic rings. The first-order chi connectivity index (χ1) is 18.2. The predicted octanol–water partition coefficient (Wildman–Crippen LogP) is 3.74. The molecule has 1 aromatic heterocycles. The molecule has 0 spiro atoms. The van der Waals surface area contributed by atoms with E-state index in [-0.39, 0.29) is 29.5 Å². The zero-order valence-electron chi connectivity index (χ0n) is 22.2. The molecule has 4 rings (SSSR count). The standard InChI is InChI=1S/C27H28F3N6O3/c1-17-22(24(37)39-14-13-36(3,4)5)23(19-11-9-18(16-31)10-12-19)35-25(32-33(2)26(35)38)34(17)21-8-6-7-20(15-21)27(28,29)30/h6-12,15,23H,13-14H2,1-5H3/q+1. The second-order valence-electron chi connectivity index (χ2n) is 10.2. The third-order valence-corrected chi connectivity index (χ3v) is 6.40. The van der Waals surface area contributed by atoms with E-state index in [1.165, 1.54) is 28.6 Å². The Morgan fingerprint density at radius 3 is 2.41 bits per heavy atom. The van der Waals surface area contributed by atoms with E-state index in [4.69, 9.17) is 4.74 Å². The maximum Gasteiger partial charge on any atom is 0.416 e. The molecule has 0 saturated heterocycles. The molecule has 0 saturated carbocycles. The van der Waals surface area contributed by atoms with E-state index in [0.717, 1.165) is 16.8 Å². The Morgan fingerprint density at radius 1 is 1.15 bits per heavy atom. The zero-order chi connectivity index (χ0) is 28.7. The van der Waals surface area contributed by atoms with Gasteiger partial charge in [-0.25, -0.2) is 18.8 Å². The molecule has 1 atom stereocenters. The number of hydrogen-bond acceptors (Lipinski definition) is 6. The van der Waals surface area contributed by atoms with Crippen LogP contribution in [-0.2, 0) is 22.8 Å². The Hall–Kier alpha value is -4.37. The van der Waals surface area contributed by atoms with Gasteiger partial charge in [0.25, 0.3) is 0 Å². The Kier molecular flexibility index (Phi) is 7.14. The van der Waals surface area contributed by atoms with Crippen LogP contribution in [0.1, 0.15) is 29.7 Å². The minimum Gasteiger partial charge on any atom is -0.456 e. The minimum atomic E-state index is -4.61. The summed E-state index contributed by atoms with van der Waals surface area (Å²) in [6.45, 7) is 2.17. The monoisotopic (exact) mass is 541 g/mol. The second kappa shape index (κ2) is 10.1. The smallest absolute Gasteiger partial charge is 0.416 e. The number of nitriles is 1. The molecule has 1 unspecified atom stereocenters. The molecule has 0 fully saturated rings. The normalized spacial score (nSPS) is 15.7. The van der Waals surface area contributed by atoms with Crippen LogP contribution in [0.4, 0.5) is 24.8 Å². The van der Waals surface area contributed by atoms with Gasteiger partial charge in [-0.15, -0.1) is 5.10 Å². The van der Waals surface area contributed by atoms with Crippen LogP contribution in [0, 0.1) is 11.3 Å². The number of anilines is 2. The molecule has 0 N–H and O–H groups in total. The number of hydrogen-bond donors (Lipinski definition) is 0. The summed E-state index contributed by atoms with van der Waals surface area (Å²) < 4.78 is 49.2. The number of quaternary nitrogens is 1. The zero-order valence-corrected chi connectivity index (χ0v) is 22.2. The maximum atomic E-state index is 13.6. The summed E-state index contributed by atoms with van der Waals surface area (Å²) in [5, 5.41) is 13.6. The van der Waals surface area contributed by atoms with Crippen molar-refractivity contribution in [2.24, 2.45) is 7.05 Å². The van der Waals surface area contributed by atoms with E-state index in [1.54, 1.807) is 31.2 Å². The van der Waals surface area contributed by atoms with Crippen LogP contribution < -0.4 is 10.6 Å². The first kappa shape index (κ1) is 27.7. The Labute approximate surface area is 223 Å². The second-order valence-corrected chi connectivity index (χ2v) is 10.2. The van der Waals surface area contributed by atoms with Crippen LogP contribution in [0.5, 0.6) is 0 Å². The van der Waals surface area contributed by atoms with E-state index < -0.39 is 29.4 Å². The highest BCUT2D eigenvalue weighted by molar-refractivity contribution is 5.93. The highest BCUT2D eigenvalue weighted by Crippen LogP contribution is 2.43. The lowest BCUT2D eigenvalue weighted by Crippen LogP contribution is -2.40. The Balaban J connectivity index is 1.95. The summed E-state index contributed by atoms with van der Waals surface area (Å²) >= 11 is 0. The van der Waals surface area contributed by atoms with Crippen molar-refractivity contribution in [3.05, 3.63) is 87.0 Å². The largest absolute Gasteiger partial charge is 0.456 e. The van der Waals surface area contributed by atoms with Gasteiger partial charge in [-0.1, -0.05) is 18.2 Å². The third-order valence-electron chi connectivity index (χ3n) is 6.40. The number of benzene rings is 2. The number of fused-ring (bicyclic) bond motifs is 1. The number of halogens is 3. The molecule has 0 amide bonds. The first-order valence-corrected chi connectivity index (χ1v) is 12.0. The van der Waals surface area contributed by atoms with E-state index >= 15 is 0 Å².